The van der Waals surface area contributed by atoms with Crippen LogP contribution in [0.15, 0.2) is 30.3 Å². The second-order valence-corrected chi connectivity index (χ2v) is 8.04. The molecule has 1 atom stereocenters. The van der Waals surface area contributed by atoms with Gasteiger partial charge in [-0.15, -0.1) is 0 Å². The number of rotatable bonds is 6. The van der Waals surface area contributed by atoms with Crippen LogP contribution in [-0.4, -0.2) is 38.4 Å². The Morgan fingerprint density at radius 2 is 2.00 bits per heavy atom. The maximum absolute atomic E-state index is 12.7. The maximum atomic E-state index is 12.7. The first-order chi connectivity index (χ1) is 9.99. The summed E-state index contributed by atoms with van der Waals surface area (Å²) in [5.41, 5.74) is 0.852. The Morgan fingerprint density at radius 1 is 1.29 bits per heavy atom. The molecule has 0 spiro atoms. The van der Waals surface area contributed by atoms with Gasteiger partial charge in [-0.1, -0.05) is 30.3 Å². The summed E-state index contributed by atoms with van der Waals surface area (Å²) in [5, 5.41) is 3.36. The van der Waals surface area contributed by atoms with Gasteiger partial charge < -0.3 is 5.32 Å². The Morgan fingerprint density at radius 3 is 2.57 bits per heavy atom. The lowest BCUT2D eigenvalue weighted by Crippen LogP contribution is -2.44. The van der Waals surface area contributed by atoms with Crippen molar-refractivity contribution in [3.05, 3.63) is 35.9 Å². The van der Waals surface area contributed by atoms with Crippen LogP contribution in [-0.2, 0) is 15.8 Å². The number of hydrogen-bond donors (Lipinski definition) is 1. The van der Waals surface area contributed by atoms with Crippen molar-refractivity contribution >= 4 is 10.0 Å². The molecule has 0 bridgehead atoms. The molecule has 1 unspecified atom stereocenters. The summed E-state index contributed by atoms with van der Waals surface area (Å²) in [6, 6.07) is 9.42. The van der Waals surface area contributed by atoms with Gasteiger partial charge in [0.15, 0.2) is 0 Å². The molecular weight excluding hydrogens is 284 g/mol. The van der Waals surface area contributed by atoms with Crippen LogP contribution in [0.25, 0.3) is 0 Å². The number of piperidine rings is 1. The van der Waals surface area contributed by atoms with Gasteiger partial charge in [0.05, 0.1) is 5.75 Å². The molecule has 1 aliphatic rings. The van der Waals surface area contributed by atoms with E-state index in [1.807, 2.05) is 44.2 Å². The summed E-state index contributed by atoms with van der Waals surface area (Å²) < 4.78 is 27.1. The highest BCUT2D eigenvalue weighted by molar-refractivity contribution is 7.88. The third kappa shape index (κ3) is 4.80. The molecule has 1 heterocycles. The van der Waals surface area contributed by atoms with E-state index in [9.17, 15) is 8.42 Å². The lowest BCUT2D eigenvalue weighted by molar-refractivity contribution is 0.263. The van der Waals surface area contributed by atoms with E-state index in [4.69, 9.17) is 0 Å². The molecule has 21 heavy (non-hydrogen) atoms. The summed E-state index contributed by atoms with van der Waals surface area (Å²) in [7, 11) is -3.27. The van der Waals surface area contributed by atoms with E-state index in [1.54, 1.807) is 4.31 Å². The SMILES string of the molecule is CC(C)N(CC1CCCNC1)S(=O)(=O)Cc1ccccc1. The van der Waals surface area contributed by atoms with Gasteiger partial charge >= 0.3 is 0 Å². The first-order valence-electron chi connectivity index (χ1n) is 7.73. The number of nitrogens with one attached hydrogen (secondary N) is 1. The summed E-state index contributed by atoms with van der Waals surface area (Å²) in [4.78, 5) is 0. The molecule has 1 N–H and O–H groups in total. The molecule has 118 valence electrons. The first-order valence-corrected chi connectivity index (χ1v) is 9.34. The quantitative estimate of drug-likeness (QED) is 0.876. The molecule has 1 saturated heterocycles. The van der Waals surface area contributed by atoms with Gasteiger partial charge in [-0.3, -0.25) is 0 Å². The molecule has 1 aromatic carbocycles. The van der Waals surface area contributed by atoms with E-state index in [2.05, 4.69) is 5.32 Å². The second-order valence-electron chi connectivity index (χ2n) is 6.12. The molecule has 1 fully saturated rings. The molecule has 0 amide bonds. The van der Waals surface area contributed by atoms with Gasteiger partial charge in [0.25, 0.3) is 0 Å². The standard InChI is InChI=1S/C16H26N2O2S/c1-14(2)18(12-16-9-6-10-17-11-16)21(19,20)13-15-7-4-3-5-8-15/h3-5,7-8,14,16-17H,6,9-13H2,1-2H3. The van der Waals surface area contributed by atoms with Gasteiger partial charge in [0.1, 0.15) is 0 Å². The Hall–Kier alpha value is -0.910. The van der Waals surface area contributed by atoms with E-state index >= 15 is 0 Å². The summed E-state index contributed by atoms with van der Waals surface area (Å²) in [5.74, 6) is 0.512. The van der Waals surface area contributed by atoms with E-state index in [1.165, 1.54) is 0 Å². The molecule has 5 heteroatoms. The van der Waals surface area contributed by atoms with Gasteiger partial charge in [-0.2, -0.15) is 4.31 Å². The molecule has 2 rings (SSSR count). The average Bonchev–Trinajstić information content (AvgIpc) is 2.46. The van der Waals surface area contributed by atoms with Crippen molar-refractivity contribution in [3.8, 4) is 0 Å². The molecule has 1 aromatic rings. The molecule has 0 radical (unpaired) electrons. The van der Waals surface area contributed by atoms with Crippen LogP contribution >= 0.6 is 0 Å². The Kier molecular flexibility index (Phi) is 5.79. The highest BCUT2D eigenvalue weighted by atomic mass is 32.2. The Balaban J connectivity index is 2.08. The summed E-state index contributed by atoms with van der Waals surface area (Å²) in [6.07, 6.45) is 2.24. The highest BCUT2D eigenvalue weighted by Crippen LogP contribution is 2.19. The minimum absolute atomic E-state index is 0.000591. The molecule has 0 aromatic heterocycles. The fourth-order valence-electron chi connectivity index (χ4n) is 2.85. The predicted molar refractivity (Wildman–Crippen MR) is 86.5 cm³/mol. The molecule has 1 aliphatic heterocycles. The number of benzene rings is 1. The zero-order valence-electron chi connectivity index (χ0n) is 13.0. The maximum Gasteiger partial charge on any atom is 0.218 e. The largest absolute Gasteiger partial charge is 0.316 e. The van der Waals surface area contributed by atoms with E-state index in [0.717, 1.165) is 31.5 Å². The van der Waals surface area contributed by atoms with Crippen LogP contribution in [0.4, 0.5) is 0 Å². The minimum Gasteiger partial charge on any atom is -0.316 e. The van der Waals surface area contributed by atoms with E-state index in [0.29, 0.717) is 12.5 Å². The third-order valence-electron chi connectivity index (χ3n) is 3.96. The Bertz CT molecular complexity index is 522. The highest BCUT2D eigenvalue weighted by Gasteiger charge is 2.28. The molecule has 4 nitrogen and oxygen atoms in total. The van der Waals surface area contributed by atoms with E-state index in [-0.39, 0.29) is 11.8 Å². The van der Waals surface area contributed by atoms with Crippen molar-refractivity contribution in [1.82, 2.24) is 9.62 Å². The van der Waals surface area contributed by atoms with Gasteiger partial charge in [0.2, 0.25) is 10.0 Å². The van der Waals surface area contributed by atoms with Crippen LogP contribution in [0, 0.1) is 5.92 Å². The lowest BCUT2D eigenvalue weighted by Gasteiger charge is -2.32. The zero-order valence-corrected chi connectivity index (χ0v) is 13.8. The zero-order chi connectivity index (χ0) is 15.3. The predicted octanol–water partition coefficient (Wildman–Crippen LogP) is 2.23. The van der Waals surface area contributed by atoms with Crippen LogP contribution in [0.2, 0.25) is 0 Å². The van der Waals surface area contributed by atoms with Crippen LogP contribution in [0.3, 0.4) is 0 Å². The van der Waals surface area contributed by atoms with Crippen molar-refractivity contribution in [2.45, 2.75) is 38.5 Å². The van der Waals surface area contributed by atoms with Gasteiger partial charge in [0, 0.05) is 12.6 Å². The van der Waals surface area contributed by atoms with Crippen molar-refractivity contribution in [2.75, 3.05) is 19.6 Å². The molecular formula is C16H26N2O2S. The number of hydrogen-bond acceptors (Lipinski definition) is 3. The second kappa shape index (κ2) is 7.38. The fourth-order valence-corrected chi connectivity index (χ4v) is 4.71. The monoisotopic (exact) mass is 310 g/mol. The summed E-state index contributed by atoms with van der Waals surface area (Å²) >= 11 is 0. The average molecular weight is 310 g/mol. The topological polar surface area (TPSA) is 49.4 Å². The summed E-state index contributed by atoms with van der Waals surface area (Å²) in [6.45, 7) is 6.51. The van der Waals surface area contributed by atoms with Crippen molar-refractivity contribution in [2.24, 2.45) is 5.92 Å². The van der Waals surface area contributed by atoms with Crippen molar-refractivity contribution in [1.29, 1.82) is 0 Å². The smallest absolute Gasteiger partial charge is 0.218 e. The van der Waals surface area contributed by atoms with Gasteiger partial charge in [-0.05, 0) is 51.3 Å². The van der Waals surface area contributed by atoms with Crippen LogP contribution in [0.1, 0.15) is 32.3 Å². The van der Waals surface area contributed by atoms with Crippen LogP contribution in [0.5, 0.6) is 0 Å². The van der Waals surface area contributed by atoms with Crippen molar-refractivity contribution < 1.29 is 8.42 Å². The van der Waals surface area contributed by atoms with Crippen LogP contribution < -0.4 is 5.32 Å². The minimum atomic E-state index is -3.27. The normalized spacial score (nSPS) is 20.1. The van der Waals surface area contributed by atoms with Gasteiger partial charge in [-0.25, -0.2) is 8.42 Å². The molecule has 0 saturated carbocycles. The van der Waals surface area contributed by atoms with E-state index < -0.39 is 10.0 Å². The Labute approximate surface area is 128 Å². The third-order valence-corrected chi connectivity index (χ3v) is 5.95. The number of nitrogens with zero attached hydrogens (tertiary/aromatic N) is 1. The lowest BCUT2D eigenvalue weighted by atomic mass is 9.99. The fraction of sp³-hybridized carbons (Fsp3) is 0.625. The number of sulfonamides is 1. The van der Waals surface area contributed by atoms with Crippen molar-refractivity contribution in [3.63, 3.8) is 0 Å². The first kappa shape index (κ1) is 16.5. The molecule has 0 aliphatic carbocycles.